The minimum atomic E-state index is -0.760. The van der Waals surface area contributed by atoms with E-state index in [1.165, 1.54) is 25.7 Å². The zero-order valence-electron chi connectivity index (χ0n) is 10.9. The van der Waals surface area contributed by atoms with Gasteiger partial charge in [-0.25, -0.2) is 0 Å². The van der Waals surface area contributed by atoms with Crippen molar-refractivity contribution in [2.45, 2.75) is 51.5 Å². The second-order valence-electron chi connectivity index (χ2n) is 6.33. The summed E-state index contributed by atoms with van der Waals surface area (Å²) in [5.74, 6) is -0.695. The number of hydrogen-bond acceptors (Lipinski definition) is 2. The maximum Gasteiger partial charge on any atom is 0.308 e. The quantitative estimate of drug-likeness (QED) is 0.815. The van der Waals surface area contributed by atoms with Crippen molar-refractivity contribution in [3.63, 3.8) is 0 Å². The predicted octanol–water partition coefficient (Wildman–Crippen LogP) is 1.89. The topological polar surface area (TPSA) is 57.6 Å². The summed E-state index contributed by atoms with van der Waals surface area (Å²) >= 11 is 0. The van der Waals surface area contributed by atoms with Gasteiger partial charge in [-0.05, 0) is 38.0 Å². The SMILES string of the molecule is CC1C(C(=O)O)CCN1C(=O)C1CC12CCCC2. The molecule has 1 saturated heterocycles. The van der Waals surface area contributed by atoms with Crippen molar-refractivity contribution in [2.75, 3.05) is 6.54 Å². The molecular weight excluding hydrogens is 230 g/mol. The Balaban J connectivity index is 1.66. The highest BCUT2D eigenvalue weighted by atomic mass is 16.4. The van der Waals surface area contributed by atoms with E-state index in [0.29, 0.717) is 18.4 Å². The molecule has 4 heteroatoms. The highest BCUT2D eigenvalue weighted by molar-refractivity contribution is 5.84. The molecule has 3 unspecified atom stereocenters. The number of carboxylic acids is 1. The molecule has 3 rings (SSSR count). The summed E-state index contributed by atoms with van der Waals surface area (Å²) in [7, 11) is 0. The van der Waals surface area contributed by atoms with E-state index in [2.05, 4.69) is 0 Å². The smallest absolute Gasteiger partial charge is 0.308 e. The Morgan fingerprint density at radius 1 is 1.28 bits per heavy atom. The molecule has 0 aromatic heterocycles. The molecule has 18 heavy (non-hydrogen) atoms. The Bertz CT molecular complexity index is 387. The van der Waals surface area contributed by atoms with E-state index in [1.54, 1.807) is 0 Å². The fraction of sp³-hybridized carbons (Fsp3) is 0.857. The second kappa shape index (κ2) is 3.97. The highest BCUT2D eigenvalue weighted by Crippen LogP contribution is 2.63. The van der Waals surface area contributed by atoms with Crippen molar-refractivity contribution in [3.8, 4) is 0 Å². The number of likely N-dealkylation sites (tertiary alicyclic amines) is 1. The van der Waals surface area contributed by atoms with Gasteiger partial charge < -0.3 is 10.0 Å². The summed E-state index contributed by atoms with van der Waals surface area (Å²) in [6.07, 6.45) is 6.59. The van der Waals surface area contributed by atoms with Gasteiger partial charge >= 0.3 is 5.97 Å². The Labute approximate surface area is 107 Å². The molecule has 1 spiro atoms. The number of nitrogens with zero attached hydrogens (tertiary/aromatic N) is 1. The molecule has 0 aromatic rings. The van der Waals surface area contributed by atoms with E-state index in [4.69, 9.17) is 5.11 Å². The molecule has 1 heterocycles. The maximum atomic E-state index is 12.5. The summed E-state index contributed by atoms with van der Waals surface area (Å²) < 4.78 is 0. The van der Waals surface area contributed by atoms with Crippen LogP contribution in [0.5, 0.6) is 0 Å². The molecule has 0 radical (unpaired) electrons. The normalized spacial score (nSPS) is 37.2. The lowest BCUT2D eigenvalue weighted by Gasteiger charge is -2.24. The number of carbonyl (C=O) groups is 2. The molecule has 1 N–H and O–H groups in total. The molecule has 4 nitrogen and oxygen atoms in total. The lowest BCUT2D eigenvalue weighted by atomic mass is 10.0. The van der Waals surface area contributed by atoms with E-state index in [0.717, 1.165) is 6.42 Å². The number of hydrogen-bond donors (Lipinski definition) is 1. The van der Waals surface area contributed by atoms with Crippen LogP contribution in [-0.4, -0.2) is 34.5 Å². The van der Waals surface area contributed by atoms with Gasteiger partial charge in [-0.3, -0.25) is 9.59 Å². The van der Waals surface area contributed by atoms with Crippen LogP contribution in [0.1, 0.15) is 45.4 Å². The van der Waals surface area contributed by atoms with Crippen LogP contribution in [0.3, 0.4) is 0 Å². The summed E-state index contributed by atoms with van der Waals surface area (Å²) in [5.41, 5.74) is 0.318. The summed E-state index contributed by atoms with van der Waals surface area (Å²) in [6, 6.07) is -0.131. The van der Waals surface area contributed by atoms with Gasteiger partial charge in [-0.15, -0.1) is 0 Å². The van der Waals surface area contributed by atoms with E-state index in [1.807, 2.05) is 11.8 Å². The third-order valence-corrected chi connectivity index (χ3v) is 5.44. The molecule has 0 aromatic carbocycles. The standard InChI is InChI=1S/C14H21NO3/c1-9-10(13(17)18)4-7-15(9)12(16)11-8-14(11)5-2-3-6-14/h9-11H,2-8H2,1H3,(H,17,18). The van der Waals surface area contributed by atoms with Crippen molar-refractivity contribution in [2.24, 2.45) is 17.3 Å². The summed E-state index contributed by atoms with van der Waals surface area (Å²) in [4.78, 5) is 25.4. The van der Waals surface area contributed by atoms with Crippen LogP contribution in [0.25, 0.3) is 0 Å². The third-order valence-electron chi connectivity index (χ3n) is 5.44. The van der Waals surface area contributed by atoms with Crippen molar-refractivity contribution in [1.82, 2.24) is 4.90 Å². The largest absolute Gasteiger partial charge is 0.481 e. The molecular formula is C14H21NO3. The van der Waals surface area contributed by atoms with E-state index in [-0.39, 0.29) is 23.8 Å². The number of carboxylic acid groups (broad SMARTS) is 1. The highest BCUT2D eigenvalue weighted by Gasteiger charge is 2.60. The first kappa shape index (κ1) is 12.0. The molecule has 3 aliphatic rings. The fourth-order valence-electron chi connectivity index (χ4n) is 4.11. The van der Waals surface area contributed by atoms with Crippen LogP contribution in [0, 0.1) is 17.3 Å². The number of carbonyl (C=O) groups excluding carboxylic acids is 1. The zero-order valence-corrected chi connectivity index (χ0v) is 10.9. The van der Waals surface area contributed by atoms with Gasteiger partial charge in [-0.1, -0.05) is 12.8 Å². The Morgan fingerprint density at radius 2 is 1.94 bits per heavy atom. The lowest BCUT2D eigenvalue weighted by Crippen LogP contribution is -2.39. The van der Waals surface area contributed by atoms with Crippen molar-refractivity contribution in [3.05, 3.63) is 0 Å². The first-order valence-electron chi connectivity index (χ1n) is 7.08. The van der Waals surface area contributed by atoms with Crippen LogP contribution in [0.4, 0.5) is 0 Å². The number of amides is 1. The van der Waals surface area contributed by atoms with E-state index < -0.39 is 5.97 Å². The average Bonchev–Trinajstić information content (AvgIpc) is 2.67. The van der Waals surface area contributed by atoms with Gasteiger partial charge in [0.15, 0.2) is 0 Å². The van der Waals surface area contributed by atoms with Crippen LogP contribution >= 0.6 is 0 Å². The minimum Gasteiger partial charge on any atom is -0.481 e. The summed E-state index contributed by atoms with van der Waals surface area (Å²) in [5, 5.41) is 9.10. The number of aliphatic carboxylic acids is 1. The first-order valence-corrected chi connectivity index (χ1v) is 7.08. The number of rotatable bonds is 2. The minimum absolute atomic E-state index is 0.131. The van der Waals surface area contributed by atoms with Crippen molar-refractivity contribution in [1.29, 1.82) is 0 Å². The average molecular weight is 251 g/mol. The second-order valence-corrected chi connectivity index (χ2v) is 6.33. The van der Waals surface area contributed by atoms with Gasteiger partial charge in [0.1, 0.15) is 0 Å². The third kappa shape index (κ3) is 1.65. The summed E-state index contributed by atoms with van der Waals surface area (Å²) in [6.45, 7) is 2.51. The van der Waals surface area contributed by atoms with Gasteiger partial charge in [-0.2, -0.15) is 0 Å². The van der Waals surface area contributed by atoms with Crippen molar-refractivity contribution < 1.29 is 14.7 Å². The van der Waals surface area contributed by atoms with E-state index in [9.17, 15) is 9.59 Å². The van der Waals surface area contributed by atoms with Crippen LogP contribution in [0.15, 0.2) is 0 Å². The molecule has 0 bridgehead atoms. The van der Waals surface area contributed by atoms with Gasteiger partial charge in [0.2, 0.25) is 5.91 Å². The maximum absolute atomic E-state index is 12.5. The van der Waals surface area contributed by atoms with Crippen LogP contribution in [0.2, 0.25) is 0 Å². The van der Waals surface area contributed by atoms with E-state index >= 15 is 0 Å². The molecule has 2 saturated carbocycles. The van der Waals surface area contributed by atoms with Crippen LogP contribution in [-0.2, 0) is 9.59 Å². The monoisotopic (exact) mass is 251 g/mol. The van der Waals surface area contributed by atoms with Crippen LogP contribution < -0.4 is 0 Å². The molecule has 3 fully saturated rings. The first-order chi connectivity index (χ1) is 8.55. The van der Waals surface area contributed by atoms with Crippen molar-refractivity contribution >= 4 is 11.9 Å². The molecule has 3 atom stereocenters. The molecule has 2 aliphatic carbocycles. The fourth-order valence-corrected chi connectivity index (χ4v) is 4.11. The molecule has 1 aliphatic heterocycles. The predicted molar refractivity (Wildman–Crippen MR) is 65.9 cm³/mol. The molecule has 100 valence electrons. The van der Waals surface area contributed by atoms with Gasteiger partial charge in [0.05, 0.1) is 5.92 Å². The lowest BCUT2D eigenvalue weighted by molar-refractivity contribution is -0.143. The Kier molecular flexibility index (Phi) is 2.65. The molecule has 1 amide bonds. The zero-order chi connectivity index (χ0) is 12.9. The Morgan fingerprint density at radius 3 is 2.50 bits per heavy atom. The Hall–Kier alpha value is -1.06. The van der Waals surface area contributed by atoms with Gasteiger partial charge in [0, 0.05) is 18.5 Å². The van der Waals surface area contributed by atoms with Gasteiger partial charge in [0.25, 0.3) is 0 Å².